The molecule has 0 fully saturated rings. The molecule has 0 saturated heterocycles. The molecule has 0 heterocycles. The summed E-state index contributed by atoms with van der Waals surface area (Å²) in [5, 5.41) is 6.01. The lowest BCUT2D eigenvalue weighted by atomic mass is 10.2. The Morgan fingerprint density at radius 2 is 1.96 bits per heavy atom. The molecule has 0 spiro atoms. The van der Waals surface area contributed by atoms with Gasteiger partial charge in [0.1, 0.15) is 11.6 Å². The van der Waals surface area contributed by atoms with Gasteiger partial charge < -0.3 is 10.1 Å². The van der Waals surface area contributed by atoms with E-state index in [1.807, 2.05) is 0 Å². The van der Waals surface area contributed by atoms with Crippen molar-refractivity contribution in [2.75, 3.05) is 13.7 Å². The Hall–Kier alpha value is -2.93. The van der Waals surface area contributed by atoms with E-state index in [2.05, 4.69) is 15.8 Å². The minimum Gasteiger partial charge on any atom is -0.497 e. The summed E-state index contributed by atoms with van der Waals surface area (Å²) in [4.78, 5) is 23.5. The minimum atomic E-state index is -0.780. The van der Waals surface area contributed by atoms with E-state index in [0.717, 1.165) is 11.6 Å². The predicted molar refractivity (Wildman–Crippen MR) is 92.5 cm³/mol. The highest BCUT2D eigenvalue weighted by Crippen LogP contribution is 2.18. The number of benzene rings is 2. The lowest BCUT2D eigenvalue weighted by molar-refractivity contribution is -0.120. The number of nitrogens with zero attached hydrogens (tertiary/aromatic N) is 1. The molecule has 0 aromatic heterocycles. The third kappa shape index (κ3) is 5.29. The molecule has 0 unspecified atom stereocenters. The van der Waals surface area contributed by atoms with Gasteiger partial charge in [0, 0.05) is 0 Å². The third-order valence-electron chi connectivity index (χ3n) is 3.12. The Balaban J connectivity index is 1.84. The van der Waals surface area contributed by atoms with Gasteiger partial charge in [-0.2, -0.15) is 5.10 Å². The van der Waals surface area contributed by atoms with E-state index in [4.69, 9.17) is 16.3 Å². The molecule has 0 saturated carbocycles. The topological polar surface area (TPSA) is 79.8 Å². The van der Waals surface area contributed by atoms with Crippen LogP contribution in [0.4, 0.5) is 4.39 Å². The average Bonchev–Trinajstić information content (AvgIpc) is 2.60. The van der Waals surface area contributed by atoms with Crippen molar-refractivity contribution in [2.24, 2.45) is 5.10 Å². The van der Waals surface area contributed by atoms with E-state index in [-0.39, 0.29) is 17.1 Å². The maximum absolute atomic E-state index is 13.6. The fourth-order valence-corrected chi connectivity index (χ4v) is 2.12. The lowest BCUT2D eigenvalue weighted by Crippen LogP contribution is -2.35. The van der Waals surface area contributed by atoms with E-state index in [0.29, 0.717) is 5.75 Å². The molecule has 2 aromatic carbocycles. The first-order valence-corrected chi connectivity index (χ1v) is 7.57. The summed E-state index contributed by atoms with van der Waals surface area (Å²) < 4.78 is 18.6. The van der Waals surface area contributed by atoms with Gasteiger partial charge in [0.25, 0.3) is 11.8 Å². The molecule has 130 valence electrons. The quantitative estimate of drug-likeness (QED) is 0.611. The molecule has 0 bridgehead atoms. The van der Waals surface area contributed by atoms with Crippen molar-refractivity contribution in [2.45, 2.75) is 0 Å². The van der Waals surface area contributed by atoms with Gasteiger partial charge >= 0.3 is 0 Å². The van der Waals surface area contributed by atoms with Crippen molar-refractivity contribution in [1.82, 2.24) is 10.7 Å². The van der Waals surface area contributed by atoms with E-state index in [9.17, 15) is 14.0 Å². The Bertz CT molecular complexity index is 774. The van der Waals surface area contributed by atoms with Crippen LogP contribution in [0.5, 0.6) is 5.75 Å². The fraction of sp³-hybridized carbons (Fsp3) is 0.118. The molecule has 2 N–H and O–H groups in total. The van der Waals surface area contributed by atoms with Gasteiger partial charge in [0.2, 0.25) is 0 Å². The number of carbonyl (C=O) groups excluding carboxylic acids is 2. The van der Waals surface area contributed by atoms with Crippen molar-refractivity contribution in [3.63, 3.8) is 0 Å². The maximum atomic E-state index is 13.6. The van der Waals surface area contributed by atoms with Crippen molar-refractivity contribution >= 4 is 29.6 Å². The number of methoxy groups -OCH3 is 1. The summed E-state index contributed by atoms with van der Waals surface area (Å²) >= 11 is 5.78. The normalized spacial score (nSPS) is 10.5. The molecule has 0 aliphatic heterocycles. The monoisotopic (exact) mass is 363 g/mol. The van der Waals surface area contributed by atoms with Crippen molar-refractivity contribution < 1.29 is 18.7 Å². The zero-order chi connectivity index (χ0) is 18.2. The Morgan fingerprint density at radius 3 is 2.60 bits per heavy atom. The van der Waals surface area contributed by atoms with Crippen molar-refractivity contribution in [3.05, 3.63) is 64.4 Å². The smallest absolute Gasteiger partial charge is 0.259 e. The Labute approximate surface area is 148 Å². The molecule has 0 radical (unpaired) electrons. The lowest BCUT2D eigenvalue weighted by Gasteiger charge is -2.06. The van der Waals surface area contributed by atoms with E-state index < -0.39 is 17.6 Å². The molecule has 8 heteroatoms. The number of halogens is 2. The van der Waals surface area contributed by atoms with Gasteiger partial charge in [0.15, 0.2) is 0 Å². The minimum absolute atomic E-state index is 0.0320. The number of rotatable bonds is 6. The molecule has 0 aliphatic carbocycles. The second-order valence-corrected chi connectivity index (χ2v) is 5.25. The van der Waals surface area contributed by atoms with E-state index in [1.165, 1.54) is 18.3 Å². The number of hydrazone groups is 1. The summed E-state index contributed by atoms with van der Waals surface area (Å²) in [7, 11) is 1.56. The highest BCUT2D eigenvalue weighted by atomic mass is 35.5. The number of ether oxygens (including phenoxy) is 1. The summed E-state index contributed by atoms with van der Waals surface area (Å²) in [5.41, 5.74) is 2.70. The van der Waals surface area contributed by atoms with Gasteiger partial charge in [-0.3, -0.25) is 9.59 Å². The summed E-state index contributed by atoms with van der Waals surface area (Å²) in [5.74, 6) is -1.40. The highest BCUT2D eigenvalue weighted by molar-refractivity contribution is 6.33. The van der Waals surface area contributed by atoms with E-state index >= 15 is 0 Å². The van der Waals surface area contributed by atoms with Gasteiger partial charge in [-0.1, -0.05) is 17.7 Å². The fourth-order valence-electron chi connectivity index (χ4n) is 1.87. The largest absolute Gasteiger partial charge is 0.497 e. The molecular weight excluding hydrogens is 349 g/mol. The van der Waals surface area contributed by atoms with Crippen LogP contribution in [0.15, 0.2) is 47.6 Å². The van der Waals surface area contributed by atoms with Gasteiger partial charge in [-0.05, 0) is 42.0 Å². The molecular formula is C17H15ClFN3O3. The zero-order valence-corrected chi connectivity index (χ0v) is 14.0. The first-order chi connectivity index (χ1) is 12.0. The summed E-state index contributed by atoms with van der Waals surface area (Å²) in [6.07, 6.45) is 1.44. The molecule has 0 atom stereocenters. The molecule has 2 rings (SSSR count). The van der Waals surface area contributed by atoms with Crippen molar-refractivity contribution in [1.29, 1.82) is 0 Å². The van der Waals surface area contributed by atoms with Crippen LogP contribution >= 0.6 is 11.6 Å². The molecule has 2 aromatic rings. The Morgan fingerprint density at radius 1 is 1.24 bits per heavy atom. The SMILES string of the molecule is COc1ccc(/C=N\NC(=O)CNC(=O)c2c(F)cccc2Cl)cc1. The average molecular weight is 364 g/mol. The van der Waals surface area contributed by atoms with Crippen LogP contribution in [0.3, 0.4) is 0 Å². The van der Waals surface area contributed by atoms with E-state index in [1.54, 1.807) is 31.4 Å². The van der Waals surface area contributed by atoms with Crippen LogP contribution < -0.4 is 15.5 Å². The van der Waals surface area contributed by atoms with Crippen LogP contribution in [0, 0.1) is 5.82 Å². The molecule has 25 heavy (non-hydrogen) atoms. The van der Waals surface area contributed by atoms with Crippen molar-refractivity contribution in [3.8, 4) is 5.75 Å². The van der Waals surface area contributed by atoms with Crippen LogP contribution in [0.1, 0.15) is 15.9 Å². The predicted octanol–water partition coefficient (Wildman–Crippen LogP) is 2.37. The van der Waals surface area contributed by atoms with Gasteiger partial charge in [-0.25, -0.2) is 9.82 Å². The van der Waals surface area contributed by atoms with Crippen LogP contribution in [0.2, 0.25) is 5.02 Å². The molecule has 6 nitrogen and oxygen atoms in total. The zero-order valence-electron chi connectivity index (χ0n) is 13.3. The maximum Gasteiger partial charge on any atom is 0.259 e. The highest BCUT2D eigenvalue weighted by Gasteiger charge is 2.16. The number of hydrogen-bond donors (Lipinski definition) is 2. The van der Waals surface area contributed by atoms with Crippen LogP contribution in [-0.2, 0) is 4.79 Å². The standard InChI is InChI=1S/C17H15ClFN3O3/c1-25-12-7-5-11(6-8-12)9-21-22-15(23)10-20-17(24)16-13(18)3-2-4-14(16)19/h2-9H,10H2,1H3,(H,20,24)(H,22,23)/b21-9-. The molecule has 2 amide bonds. The summed E-state index contributed by atoms with van der Waals surface area (Å²) in [6, 6.07) is 10.9. The second-order valence-electron chi connectivity index (χ2n) is 4.85. The first-order valence-electron chi connectivity index (χ1n) is 7.19. The third-order valence-corrected chi connectivity index (χ3v) is 3.43. The number of hydrogen-bond acceptors (Lipinski definition) is 4. The first kappa shape index (κ1) is 18.4. The number of nitrogens with one attached hydrogen (secondary N) is 2. The molecule has 0 aliphatic rings. The van der Waals surface area contributed by atoms with Gasteiger partial charge in [-0.15, -0.1) is 0 Å². The van der Waals surface area contributed by atoms with Gasteiger partial charge in [0.05, 0.1) is 30.5 Å². The van der Waals surface area contributed by atoms with Crippen LogP contribution in [0.25, 0.3) is 0 Å². The Kier molecular flexibility index (Phi) is 6.47. The number of amides is 2. The second kappa shape index (κ2) is 8.79. The summed E-state index contributed by atoms with van der Waals surface area (Å²) in [6.45, 7) is -0.372. The number of carbonyl (C=O) groups is 2. The van der Waals surface area contributed by atoms with Crippen LogP contribution in [-0.4, -0.2) is 31.7 Å².